The lowest BCUT2D eigenvalue weighted by Crippen LogP contribution is -2.24. The molecule has 0 amide bonds. The number of rotatable bonds is 4. The molecule has 1 aliphatic heterocycles. The smallest absolute Gasteiger partial charge is 0.195 e. The van der Waals surface area contributed by atoms with Gasteiger partial charge in [-0.1, -0.05) is 23.4 Å². The normalized spacial score (nSPS) is 16.3. The Balaban J connectivity index is 1.35. The van der Waals surface area contributed by atoms with Gasteiger partial charge in [0.2, 0.25) is 0 Å². The number of hydrogen-bond acceptors (Lipinski definition) is 5. The number of nitrogens with zero attached hydrogens (tertiary/aromatic N) is 4. The first-order chi connectivity index (χ1) is 14.6. The lowest BCUT2D eigenvalue weighted by atomic mass is 10.2. The first-order valence-corrected chi connectivity index (χ1v) is 9.59. The van der Waals surface area contributed by atoms with Crippen LogP contribution in [0.15, 0.2) is 60.7 Å². The van der Waals surface area contributed by atoms with Crippen LogP contribution in [-0.4, -0.2) is 39.3 Å². The van der Waals surface area contributed by atoms with Crippen molar-refractivity contribution in [2.75, 3.05) is 18.0 Å². The van der Waals surface area contributed by atoms with Crippen LogP contribution >= 0.6 is 0 Å². The molecule has 0 bridgehead atoms. The highest BCUT2D eigenvalue weighted by Gasteiger charge is 2.24. The number of para-hydroxylation sites is 1. The van der Waals surface area contributed by atoms with Crippen LogP contribution in [0.2, 0.25) is 0 Å². The van der Waals surface area contributed by atoms with Crippen LogP contribution in [-0.2, 0) is 0 Å². The van der Waals surface area contributed by atoms with Crippen LogP contribution in [0.3, 0.4) is 0 Å². The highest BCUT2D eigenvalue weighted by molar-refractivity contribution is 5.79. The number of fused-ring (bicyclic) bond motifs is 1. The minimum atomic E-state index is -1.08. The van der Waals surface area contributed by atoms with Gasteiger partial charge in [0.15, 0.2) is 17.4 Å². The van der Waals surface area contributed by atoms with Crippen molar-refractivity contribution in [2.24, 2.45) is 0 Å². The molecule has 4 aromatic rings. The molecule has 0 aliphatic carbocycles. The van der Waals surface area contributed by atoms with E-state index >= 15 is 0 Å². The number of ether oxygens (including phenoxy) is 1. The van der Waals surface area contributed by atoms with Crippen LogP contribution in [0.5, 0.6) is 11.5 Å². The second-order valence-corrected chi connectivity index (χ2v) is 7.19. The van der Waals surface area contributed by atoms with Gasteiger partial charge in [0, 0.05) is 24.7 Å². The lowest BCUT2D eigenvalue weighted by Gasteiger charge is -2.19. The topological polar surface area (TPSA) is 63.4 Å². The van der Waals surface area contributed by atoms with Crippen LogP contribution in [0.25, 0.3) is 16.7 Å². The summed E-state index contributed by atoms with van der Waals surface area (Å²) < 4.78 is 35.2. The maximum atomic E-state index is 14.4. The third-order valence-electron chi connectivity index (χ3n) is 5.25. The van der Waals surface area contributed by atoms with Gasteiger partial charge in [0.25, 0.3) is 0 Å². The standard InChI is InChI=1S/C22H18F2N4O2/c23-18-12-19-21(20(24)22(18)29)28(26-25-19)15-8-6-14(7-9-15)27-11-10-17(13-27)30-16-4-2-1-3-5-16/h1-9,12,17,29H,10-11,13H2/t17-/m0/s1. The number of hydrogen-bond donors (Lipinski definition) is 1. The molecule has 3 aromatic carbocycles. The maximum Gasteiger partial charge on any atom is 0.195 e. The quantitative estimate of drug-likeness (QED) is 0.552. The van der Waals surface area contributed by atoms with E-state index in [0.717, 1.165) is 37.0 Å². The molecule has 1 atom stereocenters. The Morgan fingerprint density at radius 1 is 1.00 bits per heavy atom. The van der Waals surface area contributed by atoms with E-state index in [1.165, 1.54) is 4.68 Å². The summed E-state index contributed by atoms with van der Waals surface area (Å²) in [5.41, 5.74) is 1.53. The molecule has 0 radical (unpaired) electrons. The van der Waals surface area contributed by atoms with Gasteiger partial charge in [-0.3, -0.25) is 0 Å². The Morgan fingerprint density at radius 3 is 2.50 bits per heavy atom. The van der Waals surface area contributed by atoms with E-state index in [1.54, 1.807) is 12.1 Å². The van der Waals surface area contributed by atoms with Gasteiger partial charge in [0.05, 0.1) is 12.2 Å². The van der Waals surface area contributed by atoms with Crippen molar-refractivity contribution < 1.29 is 18.6 Å². The van der Waals surface area contributed by atoms with Crippen molar-refractivity contribution in [1.29, 1.82) is 0 Å². The number of halogens is 2. The molecular formula is C22H18F2N4O2. The zero-order valence-corrected chi connectivity index (χ0v) is 15.9. The van der Waals surface area contributed by atoms with E-state index in [4.69, 9.17) is 4.74 Å². The summed E-state index contributed by atoms with van der Waals surface area (Å²) >= 11 is 0. The van der Waals surface area contributed by atoms with Gasteiger partial charge >= 0.3 is 0 Å². The predicted octanol–water partition coefficient (Wildman–Crippen LogP) is 4.06. The molecule has 2 heterocycles. The summed E-state index contributed by atoms with van der Waals surface area (Å²) in [7, 11) is 0. The van der Waals surface area contributed by atoms with Crippen molar-refractivity contribution in [3.8, 4) is 17.2 Å². The van der Waals surface area contributed by atoms with E-state index in [-0.39, 0.29) is 17.1 Å². The highest BCUT2D eigenvalue weighted by atomic mass is 19.1. The summed E-state index contributed by atoms with van der Waals surface area (Å²) in [4.78, 5) is 2.22. The molecule has 0 saturated carbocycles. The maximum absolute atomic E-state index is 14.4. The van der Waals surface area contributed by atoms with Crippen molar-refractivity contribution in [3.63, 3.8) is 0 Å². The van der Waals surface area contributed by atoms with Gasteiger partial charge in [-0.15, -0.1) is 5.10 Å². The SMILES string of the molecule is Oc1c(F)cc2nnn(-c3ccc(N4CC[C@H](Oc5ccccc5)C4)cc3)c2c1F. The molecule has 5 rings (SSSR count). The van der Waals surface area contributed by atoms with Crippen molar-refractivity contribution in [2.45, 2.75) is 12.5 Å². The summed E-state index contributed by atoms with van der Waals surface area (Å²) in [6.07, 6.45) is 1.03. The fourth-order valence-electron chi connectivity index (χ4n) is 3.74. The molecule has 1 fully saturated rings. The second kappa shape index (κ2) is 7.29. The molecule has 152 valence electrons. The Bertz CT molecular complexity index is 1200. The molecule has 1 aliphatic rings. The molecule has 1 aromatic heterocycles. The van der Waals surface area contributed by atoms with Crippen molar-refractivity contribution in [3.05, 3.63) is 72.3 Å². The lowest BCUT2D eigenvalue weighted by molar-refractivity contribution is 0.225. The Morgan fingerprint density at radius 2 is 1.73 bits per heavy atom. The van der Waals surface area contributed by atoms with Crippen molar-refractivity contribution >= 4 is 16.7 Å². The average molecular weight is 408 g/mol. The first-order valence-electron chi connectivity index (χ1n) is 9.59. The minimum absolute atomic E-state index is 0.0346. The van der Waals surface area contributed by atoms with Gasteiger partial charge in [-0.25, -0.2) is 13.5 Å². The summed E-state index contributed by atoms with van der Waals surface area (Å²) in [5, 5.41) is 17.3. The highest BCUT2D eigenvalue weighted by Crippen LogP contribution is 2.30. The van der Waals surface area contributed by atoms with Gasteiger partial charge < -0.3 is 14.7 Å². The Hall–Kier alpha value is -3.68. The van der Waals surface area contributed by atoms with Crippen molar-refractivity contribution in [1.82, 2.24) is 15.0 Å². The fraction of sp³-hybridized carbons (Fsp3) is 0.182. The van der Waals surface area contributed by atoms with Crippen LogP contribution < -0.4 is 9.64 Å². The van der Waals surface area contributed by atoms with E-state index in [0.29, 0.717) is 5.69 Å². The molecule has 1 saturated heterocycles. The predicted molar refractivity (Wildman–Crippen MR) is 108 cm³/mol. The zero-order chi connectivity index (χ0) is 20.7. The summed E-state index contributed by atoms with van der Waals surface area (Å²) in [6.45, 7) is 1.63. The number of benzene rings is 3. The molecule has 30 heavy (non-hydrogen) atoms. The number of aromatic hydroxyl groups is 1. The van der Waals surface area contributed by atoms with E-state index in [9.17, 15) is 13.9 Å². The molecule has 0 unspecified atom stereocenters. The largest absolute Gasteiger partial charge is 0.503 e. The first kappa shape index (κ1) is 18.4. The Kier molecular flexibility index (Phi) is 4.46. The number of anilines is 1. The van der Waals surface area contributed by atoms with Crippen LogP contribution in [0, 0.1) is 11.6 Å². The zero-order valence-electron chi connectivity index (χ0n) is 15.9. The molecule has 1 N–H and O–H groups in total. The summed E-state index contributed by atoms with van der Waals surface area (Å²) in [6, 6.07) is 18.1. The van der Waals surface area contributed by atoms with E-state index < -0.39 is 17.4 Å². The fourth-order valence-corrected chi connectivity index (χ4v) is 3.74. The average Bonchev–Trinajstić information content (AvgIpc) is 3.40. The molecule has 8 heteroatoms. The molecular weight excluding hydrogens is 390 g/mol. The Labute approximate surface area is 170 Å². The van der Waals surface area contributed by atoms with E-state index in [2.05, 4.69) is 15.2 Å². The monoisotopic (exact) mass is 408 g/mol. The second-order valence-electron chi connectivity index (χ2n) is 7.19. The summed E-state index contributed by atoms with van der Waals surface area (Å²) in [5.74, 6) is -2.33. The van der Waals surface area contributed by atoms with Crippen LogP contribution in [0.1, 0.15) is 6.42 Å². The van der Waals surface area contributed by atoms with Gasteiger partial charge in [-0.2, -0.15) is 0 Å². The van der Waals surface area contributed by atoms with Gasteiger partial charge in [0.1, 0.15) is 22.9 Å². The molecule has 0 spiro atoms. The molecule has 6 nitrogen and oxygen atoms in total. The van der Waals surface area contributed by atoms with Gasteiger partial charge in [-0.05, 0) is 36.4 Å². The van der Waals surface area contributed by atoms with E-state index in [1.807, 2.05) is 42.5 Å². The minimum Gasteiger partial charge on any atom is -0.503 e. The number of aromatic nitrogens is 3. The third-order valence-corrected chi connectivity index (χ3v) is 5.25. The number of phenols is 1. The number of phenolic OH excluding ortho intramolecular Hbond substituents is 1. The van der Waals surface area contributed by atoms with Crippen LogP contribution in [0.4, 0.5) is 14.5 Å². The third kappa shape index (κ3) is 3.20.